The monoisotopic (exact) mass is 299 g/mol. The molecule has 1 aromatic rings. The van der Waals surface area contributed by atoms with Crippen LogP contribution in [0.1, 0.15) is 31.2 Å². The van der Waals surface area contributed by atoms with E-state index >= 15 is 0 Å². The molecule has 17 heavy (non-hydrogen) atoms. The molecule has 0 aromatic heterocycles. The maximum absolute atomic E-state index is 5.04. The average molecular weight is 300 g/mol. The van der Waals surface area contributed by atoms with Crippen LogP contribution in [0.3, 0.4) is 0 Å². The second-order valence-electron chi connectivity index (χ2n) is 4.20. The minimum Gasteiger partial charge on any atom is -0.383 e. The summed E-state index contributed by atoms with van der Waals surface area (Å²) in [5.74, 6) is 0.576. The van der Waals surface area contributed by atoms with Crippen LogP contribution in [0.4, 0.5) is 0 Å². The minimum absolute atomic E-state index is 0.576. The van der Waals surface area contributed by atoms with Crippen molar-refractivity contribution in [3.63, 3.8) is 0 Å². The number of nitrogens with one attached hydrogen (secondary N) is 1. The molecule has 0 spiro atoms. The van der Waals surface area contributed by atoms with Crippen molar-refractivity contribution in [2.75, 3.05) is 26.8 Å². The van der Waals surface area contributed by atoms with Crippen LogP contribution >= 0.6 is 15.9 Å². The lowest BCUT2D eigenvalue weighted by molar-refractivity contribution is 0.198. The van der Waals surface area contributed by atoms with Crippen LogP contribution < -0.4 is 5.32 Å². The van der Waals surface area contributed by atoms with E-state index in [0.717, 1.165) is 19.7 Å². The summed E-state index contributed by atoms with van der Waals surface area (Å²) in [4.78, 5) is 0. The Labute approximate surface area is 113 Å². The number of halogens is 1. The summed E-state index contributed by atoms with van der Waals surface area (Å²) in [6.45, 7) is 4.94. The molecule has 0 fully saturated rings. The predicted molar refractivity (Wildman–Crippen MR) is 76.5 cm³/mol. The highest BCUT2D eigenvalue weighted by molar-refractivity contribution is 9.10. The number of hydrogen-bond acceptors (Lipinski definition) is 2. The molecule has 3 heteroatoms. The zero-order chi connectivity index (χ0) is 12.5. The second kappa shape index (κ2) is 8.67. The first-order valence-electron chi connectivity index (χ1n) is 6.23. The maximum Gasteiger partial charge on any atom is 0.0587 e. The van der Waals surface area contributed by atoms with Crippen LogP contribution in [0, 0.1) is 0 Å². The Hall–Kier alpha value is -0.380. The molecule has 2 nitrogen and oxygen atoms in total. The van der Waals surface area contributed by atoms with Crippen molar-refractivity contribution in [1.29, 1.82) is 0 Å². The Balaban J connectivity index is 2.56. The lowest BCUT2D eigenvalue weighted by atomic mass is 9.94. The third kappa shape index (κ3) is 5.19. The first-order valence-corrected chi connectivity index (χ1v) is 7.03. The number of benzene rings is 1. The Morgan fingerprint density at radius 2 is 2.12 bits per heavy atom. The molecular weight excluding hydrogens is 278 g/mol. The first kappa shape index (κ1) is 14.7. The summed E-state index contributed by atoms with van der Waals surface area (Å²) in [7, 11) is 1.74. The molecule has 1 atom stereocenters. The first-order chi connectivity index (χ1) is 8.29. The lowest BCUT2D eigenvalue weighted by Gasteiger charge is -2.18. The molecule has 1 aromatic carbocycles. The molecule has 1 unspecified atom stereocenters. The highest BCUT2D eigenvalue weighted by Crippen LogP contribution is 2.27. The molecule has 96 valence electrons. The second-order valence-corrected chi connectivity index (χ2v) is 5.06. The fourth-order valence-corrected chi connectivity index (χ4v) is 2.58. The number of hydrogen-bond donors (Lipinski definition) is 1. The van der Waals surface area contributed by atoms with E-state index in [4.69, 9.17) is 4.74 Å². The third-order valence-electron chi connectivity index (χ3n) is 2.86. The molecule has 0 aliphatic heterocycles. The van der Waals surface area contributed by atoms with Crippen molar-refractivity contribution in [1.82, 2.24) is 5.32 Å². The molecule has 0 heterocycles. The number of methoxy groups -OCH3 is 1. The van der Waals surface area contributed by atoms with Gasteiger partial charge in [0, 0.05) is 24.7 Å². The number of ether oxygens (including phenoxy) is 1. The maximum atomic E-state index is 5.04. The van der Waals surface area contributed by atoms with Gasteiger partial charge in [-0.25, -0.2) is 0 Å². The van der Waals surface area contributed by atoms with Crippen molar-refractivity contribution >= 4 is 15.9 Å². The van der Waals surface area contributed by atoms with E-state index in [1.807, 2.05) is 0 Å². The van der Waals surface area contributed by atoms with E-state index in [0.29, 0.717) is 5.92 Å². The molecule has 0 saturated carbocycles. The fraction of sp³-hybridized carbons (Fsp3) is 0.571. The Morgan fingerprint density at radius 1 is 1.35 bits per heavy atom. The molecule has 0 saturated heterocycles. The zero-order valence-electron chi connectivity index (χ0n) is 10.7. The molecule has 0 aliphatic rings. The quantitative estimate of drug-likeness (QED) is 0.741. The lowest BCUT2D eigenvalue weighted by Crippen LogP contribution is -2.25. The fourth-order valence-electron chi connectivity index (χ4n) is 1.97. The standard InChI is InChI=1S/C14H22BrNO/c1-3-6-12(11-16-9-10-17-2)13-7-4-5-8-14(13)15/h4-5,7-8,12,16H,3,6,9-11H2,1-2H3. The van der Waals surface area contributed by atoms with Gasteiger partial charge in [0.15, 0.2) is 0 Å². The molecule has 0 radical (unpaired) electrons. The van der Waals surface area contributed by atoms with Crippen LogP contribution in [0.25, 0.3) is 0 Å². The summed E-state index contributed by atoms with van der Waals surface area (Å²) in [5.41, 5.74) is 1.40. The summed E-state index contributed by atoms with van der Waals surface area (Å²) < 4.78 is 6.26. The summed E-state index contributed by atoms with van der Waals surface area (Å²) >= 11 is 3.64. The minimum atomic E-state index is 0.576. The Bertz CT molecular complexity index is 317. The highest BCUT2D eigenvalue weighted by atomic mass is 79.9. The van der Waals surface area contributed by atoms with Gasteiger partial charge in [-0.05, 0) is 24.0 Å². The largest absolute Gasteiger partial charge is 0.383 e. The van der Waals surface area contributed by atoms with Crippen molar-refractivity contribution in [3.8, 4) is 0 Å². The van der Waals surface area contributed by atoms with E-state index in [2.05, 4.69) is 52.4 Å². The smallest absolute Gasteiger partial charge is 0.0587 e. The van der Waals surface area contributed by atoms with Crippen LogP contribution in [0.2, 0.25) is 0 Å². The van der Waals surface area contributed by atoms with E-state index in [1.54, 1.807) is 7.11 Å². The van der Waals surface area contributed by atoms with E-state index < -0.39 is 0 Å². The van der Waals surface area contributed by atoms with E-state index in [-0.39, 0.29) is 0 Å². The summed E-state index contributed by atoms with van der Waals surface area (Å²) in [6.07, 6.45) is 2.42. The molecule has 0 bridgehead atoms. The SMILES string of the molecule is CCCC(CNCCOC)c1ccccc1Br. The van der Waals surface area contributed by atoms with Gasteiger partial charge < -0.3 is 10.1 Å². The summed E-state index contributed by atoms with van der Waals surface area (Å²) in [6, 6.07) is 8.50. The normalized spacial score (nSPS) is 12.6. The van der Waals surface area contributed by atoms with Gasteiger partial charge in [0.25, 0.3) is 0 Å². The van der Waals surface area contributed by atoms with Gasteiger partial charge in [-0.1, -0.05) is 47.5 Å². The van der Waals surface area contributed by atoms with E-state index in [9.17, 15) is 0 Å². The van der Waals surface area contributed by atoms with Crippen LogP contribution in [0.5, 0.6) is 0 Å². The van der Waals surface area contributed by atoms with Gasteiger partial charge in [-0.3, -0.25) is 0 Å². The van der Waals surface area contributed by atoms with Crippen LogP contribution in [-0.2, 0) is 4.74 Å². The Kier molecular flexibility index (Phi) is 7.49. The van der Waals surface area contributed by atoms with Crippen molar-refractivity contribution in [2.45, 2.75) is 25.7 Å². The molecule has 0 aliphatic carbocycles. The zero-order valence-corrected chi connectivity index (χ0v) is 12.3. The van der Waals surface area contributed by atoms with Gasteiger partial charge in [-0.15, -0.1) is 0 Å². The average Bonchev–Trinajstić information content (AvgIpc) is 2.34. The molecule has 1 N–H and O–H groups in total. The molecular formula is C14H22BrNO. The van der Waals surface area contributed by atoms with Gasteiger partial charge in [0.05, 0.1) is 6.61 Å². The van der Waals surface area contributed by atoms with Gasteiger partial charge in [0.2, 0.25) is 0 Å². The number of rotatable bonds is 8. The van der Waals surface area contributed by atoms with Gasteiger partial charge in [0.1, 0.15) is 0 Å². The molecule has 0 amide bonds. The van der Waals surface area contributed by atoms with Crippen molar-refractivity contribution < 1.29 is 4.74 Å². The van der Waals surface area contributed by atoms with Crippen LogP contribution in [-0.4, -0.2) is 26.8 Å². The predicted octanol–water partition coefficient (Wildman–Crippen LogP) is 3.57. The topological polar surface area (TPSA) is 21.3 Å². The third-order valence-corrected chi connectivity index (χ3v) is 3.58. The Morgan fingerprint density at radius 3 is 2.76 bits per heavy atom. The molecule has 1 rings (SSSR count). The van der Waals surface area contributed by atoms with Crippen molar-refractivity contribution in [3.05, 3.63) is 34.3 Å². The van der Waals surface area contributed by atoms with E-state index in [1.165, 1.54) is 22.9 Å². The van der Waals surface area contributed by atoms with Gasteiger partial charge >= 0.3 is 0 Å². The van der Waals surface area contributed by atoms with Crippen molar-refractivity contribution in [2.24, 2.45) is 0 Å². The van der Waals surface area contributed by atoms with Crippen LogP contribution in [0.15, 0.2) is 28.7 Å². The highest BCUT2D eigenvalue weighted by Gasteiger charge is 2.12. The summed E-state index contributed by atoms with van der Waals surface area (Å²) in [5, 5.41) is 3.45. The van der Waals surface area contributed by atoms with Gasteiger partial charge in [-0.2, -0.15) is 0 Å².